The fourth-order valence-corrected chi connectivity index (χ4v) is 3.18. The van der Waals surface area contributed by atoms with Gasteiger partial charge in [-0.05, 0) is 37.5 Å². The number of benzene rings is 1. The van der Waals surface area contributed by atoms with Gasteiger partial charge in [0.15, 0.2) is 0 Å². The lowest BCUT2D eigenvalue weighted by molar-refractivity contribution is 0.0487. The van der Waals surface area contributed by atoms with Gasteiger partial charge in [-0.3, -0.25) is 0 Å². The molecule has 23 heavy (non-hydrogen) atoms. The number of hydrogen-bond acceptors (Lipinski definition) is 5. The number of ether oxygens (including phenoxy) is 1. The number of aryl methyl sites for hydroxylation is 1. The van der Waals surface area contributed by atoms with Gasteiger partial charge in [-0.15, -0.1) is 10.2 Å². The first-order chi connectivity index (χ1) is 11.1. The normalized spacial score (nSPS) is 18.7. The zero-order valence-corrected chi connectivity index (χ0v) is 14.3. The quantitative estimate of drug-likeness (QED) is 0.907. The lowest BCUT2D eigenvalue weighted by Gasteiger charge is -2.38. The second-order valence-electron chi connectivity index (χ2n) is 6.16. The van der Waals surface area contributed by atoms with Crippen molar-refractivity contribution >= 4 is 11.6 Å². The molecule has 0 spiro atoms. The van der Waals surface area contributed by atoms with Crippen molar-refractivity contribution in [3.05, 3.63) is 46.6 Å². The lowest BCUT2D eigenvalue weighted by atomic mass is 9.74. The molecule has 2 heterocycles. The van der Waals surface area contributed by atoms with Crippen molar-refractivity contribution in [1.82, 2.24) is 15.5 Å². The van der Waals surface area contributed by atoms with Crippen molar-refractivity contribution < 1.29 is 9.15 Å². The van der Waals surface area contributed by atoms with Crippen LogP contribution in [-0.2, 0) is 10.2 Å². The van der Waals surface area contributed by atoms with E-state index in [9.17, 15) is 0 Å². The lowest BCUT2D eigenvalue weighted by Crippen LogP contribution is -2.43. The molecule has 1 fully saturated rings. The minimum absolute atomic E-state index is 0.0169. The van der Waals surface area contributed by atoms with Crippen LogP contribution in [0.25, 0.3) is 0 Å². The molecule has 2 aromatic rings. The minimum Gasteiger partial charge on any atom is -0.424 e. The number of halogens is 1. The third kappa shape index (κ3) is 3.74. The average molecular weight is 336 g/mol. The van der Waals surface area contributed by atoms with Gasteiger partial charge in [0.25, 0.3) is 0 Å². The van der Waals surface area contributed by atoms with Gasteiger partial charge in [-0.2, -0.15) is 0 Å². The van der Waals surface area contributed by atoms with Crippen LogP contribution in [-0.4, -0.2) is 30.0 Å². The van der Waals surface area contributed by atoms with Gasteiger partial charge >= 0.3 is 0 Å². The molecule has 1 atom stereocenters. The summed E-state index contributed by atoms with van der Waals surface area (Å²) in [5.41, 5.74) is 1.35. The highest BCUT2D eigenvalue weighted by Gasteiger charge is 2.35. The smallest absolute Gasteiger partial charge is 0.233 e. The van der Waals surface area contributed by atoms with Gasteiger partial charge in [0.2, 0.25) is 11.8 Å². The van der Waals surface area contributed by atoms with E-state index in [1.165, 1.54) is 5.56 Å². The number of rotatable bonds is 5. The third-order valence-corrected chi connectivity index (χ3v) is 4.82. The molecule has 1 aliphatic rings. The summed E-state index contributed by atoms with van der Waals surface area (Å²) < 4.78 is 11.1. The Morgan fingerprint density at radius 3 is 2.52 bits per heavy atom. The first-order valence-corrected chi connectivity index (χ1v) is 8.34. The van der Waals surface area contributed by atoms with Crippen molar-refractivity contribution in [2.45, 2.75) is 38.1 Å². The monoisotopic (exact) mass is 335 g/mol. The van der Waals surface area contributed by atoms with Crippen LogP contribution in [0.5, 0.6) is 0 Å². The van der Waals surface area contributed by atoms with E-state index in [2.05, 4.69) is 27.6 Å². The summed E-state index contributed by atoms with van der Waals surface area (Å²) in [6, 6.07) is 8.18. The van der Waals surface area contributed by atoms with Crippen LogP contribution in [0.4, 0.5) is 0 Å². The molecular weight excluding hydrogens is 314 g/mol. The Balaban J connectivity index is 1.75. The van der Waals surface area contributed by atoms with Crippen LogP contribution >= 0.6 is 11.6 Å². The number of hydrogen-bond donors (Lipinski definition) is 1. The van der Waals surface area contributed by atoms with Crippen molar-refractivity contribution in [1.29, 1.82) is 0 Å². The first-order valence-electron chi connectivity index (χ1n) is 7.96. The molecule has 1 saturated heterocycles. The summed E-state index contributed by atoms with van der Waals surface area (Å²) in [5, 5.41) is 12.3. The summed E-state index contributed by atoms with van der Waals surface area (Å²) in [6.07, 6.45) is 1.97. The molecule has 124 valence electrons. The van der Waals surface area contributed by atoms with Gasteiger partial charge in [0.05, 0.1) is 6.04 Å². The van der Waals surface area contributed by atoms with Crippen LogP contribution in [0.15, 0.2) is 28.7 Å². The Labute approximate surface area is 141 Å². The Bertz CT molecular complexity index is 636. The van der Waals surface area contributed by atoms with Crippen LogP contribution in [0.1, 0.15) is 43.2 Å². The predicted octanol–water partition coefficient (Wildman–Crippen LogP) is 3.43. The number of nitrogens with one attached hydrogen (secondary N) is 1. The summed E-state index contributed by atoms with van der Waals surface area (Å²) in [5.74, 6) is 1.22. The largest absolute Gasteiger partial charge is 0.424 e. The second kappa shape index (κ2) is 6.99. The van der Waals surface area contributed by atoms with Crippen LogP contribution in [0.2, 0.25) is 5.02 Å². The van der Waals surface area contributed by atoms with E-state index < -0.39 is 0 Å². The molecule has 3 rings (SSSR count). The molecule has 0 bridgehead atoms. The zero-order chi connectivity index (χ0) is 16.3. The molecule has 0 amide bonds. The first kappa shape index (κ1) is 16.4. The fourth-order valence-electron chi connectivity index (χ4n) is 3.06. The molecule has 5 nitrogen and oxygen atoms in total. The maximum atomic E-state index is 6.04. The fraction of sp³-hybridized carbons (Fsp3) is 0.529. The predicted molar refractivity (Wildman–Crippen MR) is 88.6 cm³/mol. The van der Waals surface area contributed by atoms with E-state index in [1.807, 2.05) is 19.1 Å². The third-order valence-electron chi connectivity index (χ3n) is 4.57. The Kier molecular flexibility index (Phi) is 4.99. The van der Waals surface area contributed by atoms with E-state index in [0.29, 0.717) is 11.8 Å². The van der Waals surface area contributed by atoms with E-state index in [-0.39, 0.29) is 11.5 Å². The molecule has 1 aromatic heterocycles. The van der Waals surface area contributed by atoms with Crippen LogP contribution in [0, 0.1) is 6.92 Å². The molecule has 0 aliphatic carbocycles. The zero-order valence-electron chi connectivity index (χ0n) is 13.5. The summed E-state index contributed by atoms with van der Waals surface area (Å²) in [6.45, 7) is 6.23. The molecule has 1 N–H and O–H groups in total. The topological polar surface area (TPSA) is 60.2 Å². The van der Waals surface area contributed by atoms with Gasteiger partial charge in [0.1, 0.15) is 0 Å². The molecular formula is C17H22ClN3O2. The van der Waals surface area contributed by atoms with Gasteiger partial charge < -0.3 is 14.5 Å². The summed E-state index contributed by atoms with van der Waals surface area (Å²) >= 11 is 6.04. The molecule has 0 saturated carbocycles. The Hall–Kier alpha value is -1.43. The van der Waals surface area contributed by atoms with Crippen molar-refractivity contribution in [3.63, 3.8) is 0 Å². The summed E-state index contributed by atoms with van der Waals surface area (Å²) in [4.78, 5) is 0. The summed E-state index contributed by atoms with van der Waals surface area (Å²) in [7, 11) is 0. The van der Waals surface area contributed by atoms with Crippen LogP contribution in [0.3, 0.4) is 0 Å². The van der Waals surface area contributed by atoms with Crippen molar-refractivity contribution in [2.75, 3.05) is 19.8 Å². The van der Waals surface area contributed by atoms with Gasteiger partial charge in [0, 0.05) is 37.1 Å². The highest BCUT2D eigenvalue weighted by Crippen LogP contribution is 2.35. The highest BCUT2D eigenvalue weighted by molar-refractivity contribution is 6.30. The highest BCUT2D eigenvalue weighted by atomic mass is 35.5. The van der Waals surface area contributed by atoms with Gasteiger partial charge in [-0.25, -0.2) is 0 Å². The SMILES string of the molecule is Cc1nnc([C@@H](C)NCC2(c3ccc(Cl)cc3)CCOCC2)o1. The Morgan fingerprint density at radius 1 is 1.22 bits per heavy atom. The maximum Gasteiger partial charge on any atom is 0.233 e. The molecule has 0 radical (unpaired) electrons. The maximum absolute atomic E-state index is 6.04. The number of aromatic nitrogens is 2. The molecule has 6 heteroatoms. The van der Waals surface area contributed by atoms with E-state index >= 15 is 0 Å². The molecule has 0 unspecified atom stereocenters. The molecule has 1 aliphatic heterocycles. The second-order valence-corrected chi connectivity index (χ2v) is 6.60. The Morgan fingerprint density at radius 2 is 1.91 bits per heavy atom. The van der Waals surface area contributed by atoms with E-state index in [4.69, 9.17) is 20.8 Å². The van der Waals surface area contributed by atoms with E-state index in [1.54, 1.807) is 6.92 Å². The minimum atomic E-state index is 0.0169. The van der Waals surface area contributed by atoms with E-state index in [0.717, 1.165) is 37.6 Å². The van der Waals surface area contributed by atoms with Crippen molar-refractivity contribution in [2.24, 2.45) is 0 Å². The number of nitrogens with zero attached hydrogens (tertiary/aromatic N) is 2. The van der Waals surface area contributed by atoms with Crippen molar-refractivity contribution in [3.8, 4) is 0 Å². The molecule has 1 aromatic carbocycles. The van der Waals surface area contributed by atoms with Crippen LogP contribution < -0.4 is 5.32 Å². The standard InChI is InChI=1S/C17H22ClN3O2/c1-12(16-21-20-13(2)23-16)19-11-17(7-9-22-10-8-17)14-3-5-15(18)6-4-14/h3-6,12,19H,7-11H2,1-2H3/t12-/m1/s1. The average Bonchev–Trinajstić information content (AvgIpc) is 3.01. The van der Waals surface area contributed by atoms with Gasteiger partial charge in [-0.1, -0.05) is 23.7 Å².